The van der Waals surface area contributed by atoms with Crippen LogP contribution in [0.25, 0.3) is 5.78 Å². The number of morpholine rings is 1. The van der Waals surface area contributed by atoms with Crippen LogP contribution in [0.15, 0.2) is 36.7 Å². The molecule has 2 aromatic heterocycles. The molecule has 1 amide bonds. The van der Waals surface area contributed by atoms with Crippen molar-refractivity contribution in [2.75, 3.05) is 19.7 Å². The van der Waals surface area contributed by atoms with Gasteiger partial charge in [0.15, 0.2) is 0 Å². The Morgan fingerprint density at radius 1 is 1.23 bits per heavy atom. The van der Waals surface area contributed by atoms with Crippen LogP contribution in [0.4, 0.5) is 13.2 Å². The van der Waals surface area contributed by atoms with Gasteiger partial charge in [0.25, 0.3) is 11.7 Å². The first-order chi connectivity index (χ1) is 14.3. The third-order valence-corrected chi connectivity index (χ3v) is 4.53. The molecule has 4 rings (SSSR count). The average Bonchev–Trinajstić information content (AvgIpc) is 3.22. The molecule has 1 fully saturated rings. The van der Waals surface area contributed by atoms with E-state index in [0.29, 0.717) is 11.5 Å². The number of rotatable bonds is 2. The van der Waals surface area contributed by atoms with E-state index in [1.54, 1.807) is 6.07 Å². The molecule has 10 heteroatoms. The molecule has 0 N–H and O–H groups in total. The monoisotopic (exact) mass is 421 g/mol. The number of carbonyl (C=O) groups is 1. The molecule has 1 aliphatic heterocycles. The molecular weight excluding hydrogens is 399 g/mol. The van der Waals surface area contributed by atoms with Crippen molar-refractivity contribution in [3.63, 3.8) is 0 Å². The normalized spacial score (nSPS) is 16.9. The van der Waals surface area contributed by atoms with E-state index in [1.807, 2.05) is 20.8 Å². The quantitative estimate of drug-likeness (QED) is 0.631. The highest BCUT2D eigenvalue weighted by Gasteiger charge is 2.32. The Hall–Kier alpha value is -3.01. The second kappa shape index (κ2) is 8.78. The zero-order valence-electron chi connectivity index (χ0n) is 16.8. The third-order valence-electron chi connectivity index (χ3n) is 4.53. The van der Waals surface area contributed by atoms with E-state index in [9.17, 15) is 18.0 Å². The average molecular weight is 421 g/mol. The summed E-state index contributed by atoms with van der Waals surface area (Å²) in [5.74, 6) is -0.0556. The van der Waals surface area contributed by atoms with E-state index in [4.69, 9.17) is 4.74 Å². The van der Waals surface area contributed by atoms with Crippen LogP contribution in [0.5, 0.6) is 0 Å². The zero-order chi connectivity index (χ0) is 21.9. The Labute approximate surface area is 171 Å². The number of amides is 1. The number of carbonyl (C=O) groups excluding carboxylic acids is 1. The lowest BCUT2D eigenvalue weighted by molar-refractivity contribution is -0.137. The smallest absolute Gasteiger partial charge is 0.368 e. The summed E-state index contributed by atoms with van der Waals surface area (Å²) in [6.45, 7) is 6.54. The first-order valence-electron chi connectivity index (χ1n) is 9.58. The Balaban J connectivity index is 0.00000124. The lowest BCUT2D eigenvalue weighted by atomic mass is 10.1. The standard InChI is InChI=1S/C18H16F3N5O2.C2H6/c1-11-7-14(26-17(24-11)22-10-23-26)15-9-25(5-6-28-15)16(27)12-3-2-4-13(8-12)18(19,20)21;1-2/h2-4,7-8,10,15H,5-6,9H2,1H3;1-2H3. The molecule has 1 unspecified atom stereocenters. The lowest BCUT2D eigenvalue weighted by Crippen LogP contribution is -2.42. The maximum atomic E-state index is 12.9. The number of halogens is 3. The van der Waals surface area contributed by atoms with E-state index >= 15 is 0 Å². The Kier molecular flexibility index (Phi) is 6.35. The van der Waals surface area contributed by atoms with Gasteiger partial charge >= 0.3 is 6.18 Å². The topological polar surface area (TPSA) is 72.6 Å². The van der Waals surface area contributed by atoms with Crippen LogP contribution in [-0.2, 0) is 10.9 Å². The van der Waals surface area contributed by atoms with Crippen molar-refractivity contribution in [1.82, 2.24) is 24.5 Å². The van der Waals surface area contributed by atoms with E-state index in [0.717, 1.165) is 17.8 Å². The molecule has 160 valence electrons. The molecule has 1 aliphatic rings. The molecule has 1 saturated heterocycles. The summed E-state index contributed by atoms with van der Waals surface area (Å²) < 4.78 is 46.2. The first kappa shape index (κ1) is 21.7. The highest BCUT2D eigenvalue weighted by Crippen LogP contribution is 2.30. The molecule has 3 aromatic rings. The third kappa shape index (κ3) is 4.43. The van der Waals surface area contributed by atoms with Crippen molar-refractivity contribution in [2.45, 2.75) is 33.1 Å². The van der Waals surface area contributed by atoms with Crippen LogP contribution >= 0.6 is 0 Å². The summed E-state index contributed by atoms with van der Waals surface area (Å²) in [6.07, 6.45) is -3.62. The van der Waals surface area contributed by atoms with Crippen molar-refractivity contribution >= 4 is 11.7 Å². The summed E-state index contributed by atoms with van der Waals surface area (Å²) in [6, 6.07) is 6.23. The van der Waals surface area contributed by atoms with Gasteiger partial charge in [0.05, 0.1) is 24.4 Å². The number of benzene rings is 1. The minimum absolute atomic E-state index is 0.00714. The summed E-state index contributed by atoms with van der Waals surface area (Å²) in [4.78, 5) is 22.6. The summed E-state index contributed by atoms with van der Waals surface area (Å²) in [5, 5.41) is 4.14. The summed E-state index contributed by atoms with van der Waals surface area (Å²) >= 11 is 0. The van der Waals surface area contributed by atoms with Gasteiger partial charge in [0, 0.05) is 17.8 Å². The zero-order valence-corrected chi connectivity index (χ0v) is 16.8. The second-order valence-electron chi connectivity index (χ2n) is 6.48. The van der Waals surface area contributed by atoms with Crippen molar-refractivity contribution in [2.24, 2.45) is 0 Å². The van der Waals surface area contributed by atoms with Crippen molar-refractivity contribution in [3.8, 4) is 0 Å². The fourth-order valence-corrected chi connectivity index (χ4v) is 3.21. The fourth-order valence-electron chi connectivity index (χ4n) is 3.21. The van der Waals surface area contributed by atoms with Crippen LogP contribution in [0.2, 0.25) is 0 Å². The molecule has 7 nitrogen and oxygen atoms in total. The number of alkyl halides is 3. The summed E-state index contributed by atoms with van der Waals surface area (Å²) in [7, 11) is 0. The first-order valence-corrected chi connectivity index (χ1v) is 9.58. The van der Waals surface area contributed by atoms with Crippen LogP contribution in [0.1, 0.15) is 47.3 Å². The number of fused-ring (bicyclic) bond motifs is 1. The van der Waals surface area contributed by atoms with Gasteiger partial charge in [-0.3, -0.25) is 4.79 Å². The van der Waals surface area contributed by atoms with Gasteiger partial charge in [-0.15, -0.1) is 0 Å². The maximum absolute atomic E-state index is 12.9. The number of hydrogen-bond donors (Lipinski definition) is 0. The van der Waals surface area contributed by atoms with Crippen molar-refractivity contribution < 1.29 is 22.7 Å². The van der Waals surface area contributed by atoms with Crippen molar-refractivity contribution in [3.05, 3.63) is 59.2 Å². The van der Waals surface area contributed by atoms with Crippen LogP contribution in [0, 0.1) is 6.92 Å². The van der Waals surface area contributed by atoms with Gasteiger partial charge in [-0.2, -0.15) is 27.8 Å². The van der Waals surface area contributed by atoms with Crippen molar-refractivity contribution in [1.29, 1.82) is 0 Å². The van der Waals surface area contributed by atoms with Gasteiger partial charge in [-0.1, -0.05) is 19.9 Å². The molecule has 0 spiro atoms. The Morgan fingerprint density at radius 3 is 2.73 bits per heavy atom. The summed E-state index contributed by atoms with van der Waals surface area (Å²) in [5.41, 5.74) is 0.548. The van der Waals surface area contributed by atoms with Gasteiger partial charge < -0.3 is 9.64 Å². The molecule has 1 atom stereocenters. The van der Waals surface area contributed by atoms with E-state index in [-0.39, 0.29) is 25.3 Å². The highest BCUT2D eigenvalue weighted by atomic mass is 19.4. The van der Waals surface area contributed by atoms with Crippen LogP contribution in [0.3, 0.4) is 0 Å². The molecule has 3 heterocycles. The molecule has 30 heavy (non-hydrogen) atoms. The largest absolute Gasteiger partial charge is 0.416 e. The number of aromatic nitrogens is 4. The fraction of sp³-hybridized carbons (Fsp3) is 0.400. The molecular formula is C20H22F3N5O2. The maximum Gasteiger partial charge on any atom is 0.416 e. The van der Waals surface area contributed by atoms with E-state index in [2.05, 4.69) is 15.1 Å². The molecule has 0 aliphatic carbocycles. The molecule has 0 saturated carbocycles. The van der Waals surface area contributed by atoms with Gasteiger partial charge in [0.1, 0.15) is 12.4 Å². The minimum Gasteiger partial charge on any atom is -0.368 e. The van der Waals surface area contributed by atoms with Gasteiger partial charge in [-0.25, -0.2) is 4.98 Å². The lowest BCUT2D eigenvalue weighted by Gasteiger charge is -2.33. The van der Waals surface area contributed by atoms with E-state index < -0.39 is 23.8 Å². The number of nitrogens with zero attached hydrogens (tertiary/aromatic N) is 5. The number of ether oxygens (including phenoxy) is 1. The predicted molar refractivity (Wildman–Crippen MR) is 103 cm³/mol. The van der Waals surface area contributed by atoms with Gasteiger partial charge in [-0.05, 0) is 31.2 Å². The Bertz CT molecular complexity index is 1030. The SMILES string of the molecule is CC.Cc1cc(C2CN(C(=O)c3cccc(C(F)(F)F)c3)CCO2)n2ncnc2n1. The van der Waals surface area contributed by atoms with Crippen LogP contribution in [-0.4, -0.2) is 50.1 Å². The number of hydrogen-bond acceptors (Lipinski definition) is 5. The second-order valence-corrected chi connectivity index (χ2v) is 6.48. The van der Waals surface area contributed by atoms with E-state index in [1.165, 1.54) is 27.9 Å². The highest BCUT2D eigenvalue weighted by molar-refractivity contribution is 5.94. The van der Waals surface area contributed by atoms with Crippen LogP contribution < -0.4 is 0 Å². The Morgan fingerprint density at radius 2 is 2.00 bits per heavy atom. The molecule has 1 aromatic carbocycles. The molecule has 0 bridgehead atoms. The minimum atomic E-state index is -4.50. The predicted octanol–water partition coefficient (Wildman–Crippen LogP) is 3.69. The molecule has 0 radical (unpaired) electrons. The number of aryl methyl sites for hydroxylation is 1. The van der Waals surface area contributed by atoms with Gasteiger partial charge in [0.2, 0.25) is 0 Å².